The molecule has 21 heavy (non-hydrogen) atoms. The molecule has 0 radical (unpaired) electrons. The molecule has 0 aromatic carbocycles. The second-order valence-electron chi connectivity index (χ2n) is 6.72. The van der Waals surface area contributed by atoms with Crippen molar-refractivity contribution in [2.24, 2.45) is 11.8 Å². The van der Waals surface area contributed by atoms with Crippen LogP contribution >= 0.6 is 0 Å². The fourth-order valence-corrected chi connectivity index (χ4v) is 2.88. The van der Waals surface area contributed by atoms with Crippen LogP contribution in [0, 0.1) is 11.8 Å². The van der Waals surface area contributed by atoms with Crippen molar-refractivity contribution in [2.45, 2.75) is 86.0 Å². The first-order valence-electron chi connectivity index (χ1n) is 9.02. The van der Waals surface area contributed by atoms with Gasteiger partial charge in [-0.25, -0.2) is 0 Å². The zero-order chi connectivity index (χ0) is 16.1. The van der Waals surface area contributed by atoms with E-state index in [0.29, 0.717) is 5.92 Å². The average Bonchev–Trinajstić information content (AvgIpc) is 2.46. The zero-order valence-electron chi connectivity index (χ0n) is 15.3. The highest BCUT2D eigenvalue weighted by Gasteiger charge is 2.07. The smallest absolute Gasteiger partial charge is 0.0191 e. The highest BCUT2D eigenvalue weighted by molar-refractivity contribution is 5.25. The van der Waals surface area contributed by atoms with E-state index >= 15 is 0 Å². The quantitative estimate of drug-likeness (QED) is 0.258. The van der Waals surface area contributed by atoms with E-state index in [-0.39, 0.29) is 0 Å². The maximum absolute atomic E-state index is 3.96. The molecule has 0 aromatic heterocycles. The molecule has 0 bridgehead atoms. The maximum atomic E-state index is 3.96. The van der Waals surface area contributed by atoms with Gasteiger partial charge in [-0.05, 0) is 37.7 Å². The van der Waals surface area contributed by atoms with Crippen LogP contribution in [0.15, 0.2) is 36.0 Å². The Morgan fingerprint density at radius 3 is 2.14 bits per heavy atom. The van der Waals surface area contributed by atoms with Crippen molar-refractivity contribution in [1.29, 1.82) is 0 Å². The van der Waals surface area contributed by atoms with Gasteiger partial charge in [0.25, 0.3) is 0 Å². The minimum atomic E-state index is 0.635. The van der Waals surface area contributed by atoms with Crippen molar-refractivity contribution in [2.75, 3.05) is 0 Å². The lowest BCUT2D eigenvalue weighted by Crippen LogP contribution is -2.00. The van der Waals surface area contributed by atoms with Crippen molar-refractivity contribution in [3.63, 3.8) is 0 Å². The molecule has 0 aliphatic heterocycles. The van der Waals surface area contributed by atoms with Crippen LogP contribution in [0.4, 0.5) is 0 Å². The van der Waals surface area contributed by atoms with Crippen LogP contribution in [-0.4, -0.2) is 0 Å². The first kappa shape index (κ1) is 20.2. The molecule has 0 heterocycles. The van der Waals surface area contributed by atoms with Gasteiger partial charge < -0.3 is 0 Å². The number of hydrogen-bond donors (Lipinski definition) is 0. The minimum absolute atomic E-state index is 0.635. The Morgan fingerprint density at radius 1 is 0.952 bits per heavy atom. The molecule has 0 N–H and O–H groups in total. The second-order valence-corrected chi connectivity index (χ2v) is 6.72. The molecule has 0 saturated carbocycles. The summed E-state index contributed by atoms with van der Waals surface area (Å²) in [4.78, 5) is 0. The predicted octanol–water partition coefficient (Wildman–Crippen LogP) is 7.48. The van der Waals surface area contributed by atoms with Crippen LogP contribution < -0.4 is 0 Å². The lowest BCUT2D eigenvalue weighted by molar-refractivity contribution is 0.405. The standard InChI is InChI=1S/C21H38/c1-7-13-20(8-2)15-12-10-11-14-19(6)21(9-3)17-16-18(4)5/h9,16-17,19-20H,3,7-8,10-15H2,1-2,4-6H3/b21-17+/t19-,20?/m1/s1. The molecule has 0 aliphatic rings. The monoisotopic (exact) mass is 290 g/mol. The SMILES string of the molecule is C=C/C(=C\C=C(C)C)[C@H](C)CCCCCC(CC)CCC. The predicted molar refractivity (Wildman–Crippen MR) is 98.6 cm³/mol. The van der Waals surface area contributed by atoms with E-state index < -0.39 is 0 Å². The molecule has 0 rings (SSSR count). The van der Waals surface area contributed by atoms with Crippen LogP contribution in [0.25, 0.3) is 0 Å². The Labute approximate surface area is 134 Å². The van der Waals surface area contributed by atoms with Crippen molar-refractivity contribution in [1.82, 2.24) is 0 Å². The van der Waals surface area contributed by atoms with E-state index in [9.17, 15) is 0 Å². The number of hydrogen-bond acceptors (Lipinski definition) is 0. The first-order valence-corrected chi connectivity index (χ1v) is 9.02. The molecule has 1 unspecified atom stereocenters. The van der Waals surface area contributed by atoms with Gasteiger partial charge in [0.15, 0.2) is 0 Å². The Morgan fingerprint density at radius 2 is 1.62 bits per heavy atom. The zero-order valence-corrected chi connectivity index (χ0v) is 15.3. The normalized spacial score (nSPS) is 14.6. The van der Waals surface area contributed by atoms with Gasteiger partial charge in [-0.2, -0.15) is 0 Å². The summed E-state index contributed by atoms with van der Waals surface area (Å²) in [6.45, 7) is 15.2. The lowest BCUT2D eigenvalue weighted by atomic mass is 9.91. The van der Waals surface area contributed by atoms with Crippen LogP contribution in [0.1, 0.15) is 86.0 Å². The molecule has 0 aromatic rings. The highest BCUT2D eigenvalue weighted by atomic mass is 14.1. The topological polar surface area (TPSA) is 0 Å². The van der Waals surface area contributed by atoms with Gasteiger partial charge in [0.05, 0.1) is 0 Å². The highest BCUT2D eigenvalue weighted by Crippen LogP contribution is 2.22. The van der Waals surface area contributed by atoms with Gasteiger partial charge in [-0.3, -0.25) is 0 Å². The molecule has 2 atom stereocenters. The third-order valence-corrected chi connectivity index (χ3v) is 4.44. The molecular weight excluding hydrogens is 252 g/mol. The summed E-state index contributed by atoms with van der Waals surface area (Å²) >= 11 is 0. The van der Waals surface area contributed by atoms with Gasteiger partial charge in [0, 0.05) is 0 Å². The second kappa shape index (κ2) is 12.9. The molecule has 0 aliphatic carbocycles. The van der Waals surface area contributed by atoms with Gasteiger partial charge in [0.1, 0.15) is 0 Å². The van der Waals surface area contributed by atoms with Crippen LogP contribution in [0.3, 0.4) is 0 Å². The third kappa shape index (κ3) is 10.6. The van der Waals surface area contributed by atoms with Crippen molar-refractivity contribution >= 4 is 0 Å². The van der Waals surface area contributed by atoms with E-state index in [1.165, 1.54) is 62.5 Å². The molecule has 122 valence electrons. The van der Waals surface area contributed by atoms with E-state index in [0.717, 1.165) is 5.92 Å². The maximum Gasteiger partial charge on any atom is -0.0191 e. The summed E-state index contributed by atoms with van der Waals surface area (Å²) in [5.74, 6) is 1.60. The van der Waals surface area contributed by atoms with Crippen molar-refractivity contribution in [3.8, 4) is 0 Å². The Balaban J connectivity index is 3.97. The molecule has 0 saturated heterocycles. The fourth-order valence-electron chi connectivity index (χ4n) is 2.88. The van der Waals surface area contributed by atoms with Crippen molar-refractivity contribution < 1.29 is 0 Å². The minimum Gasteiger partial charge on any atom is -0.0988 e. The van der Waals surface area contributed by atoms with Crippen LogP contribution in [0.5, 0.6) is 0 Å². The number of rotatable bonds is 12. The summed E-state index contributed by atoms with van der Waals surface area (Å²) in [5.41, 5.74) is 2.73. The van der Waals surface area contributed by atoms with E-state index in [2.05, 4.69) is 53.3 Å². The van der Waals surface area contributed by atoms with Crippen LogP contribution in [0.2, 0.25) is 0 Å². The van der Waals surface area contributed by atoms with Gasteiger partial charge in [-0.1, -0.05) is 96.1 Å². The molecule has 0 spiro atoms. The molecule has 0 amide bonds. The number of allylic oxidation sites excluding steroid dienone is 5. The third-order valence-electron chi connectivity index (χ3n) is 4.44. The molecular formula is C21H38. The fraction of sp³-hybridized carbons (Fsp3) is 0.714. The summed E-state index contributed by atoms with van der Waals surface area (Å²) in [6.07, 6.45) is 17.4. The summed E-state index contributed by atoms with van der Waals surface area (Å²) in [6, 6.07) is 0. The molecule has 0 nitrogen and oxygen atoms in total. The van der Waals surface area contributed by atoms with Crippen LogP contribution in [-0.2, 0) is 0 Å². The van der Waals surface area contributed by atoms with Gasteiger partial charge >= 0.3 is 0 Å². The van der Waals surface area contributed by atoms with Gasteiger partial charge in [-0.15, -0.1) is 0 Å². The van der Waals surface area contributed by atoms with E-state index in [4.69, 9.17) is 0 Å². The summed E-state index contributed by atoms with van der Waals surface area (Å²) < 4.78 is 0. The van der Waals surface area contributed by atoms with Gasteiger partial charge in [0.2, 0.25) is 0 Å². The largest absolute Gasteiger partial charge is 0.0988 e. The number of unbranched alkanes of at least 4 members (excludes halogenated alkanes) is 2. The van der Waals surface area contributed by atoms with E-state index in [1.807, 2.05) is 6.08 Å². The molecule has 0 fully saturated rings. The summed E-state index contributed by atoms with van der Waals surface area (Å²) in [7, 11) is 0. The first-order chi connectivity index (χ1) is 10.0. The van der Waals surface area contributed by atoms with E-state index in [1.54, 1.807) is 0 Å². The lowest BCUT2D eigenvalue weighted by Gasteiger charge is -2.15. The molecule has 0 heteroatoms. The van der Waals surface area contributed by atoms with Crippen molar-refractivity contribution in [3.05, 3.63) is 36.0 Å². The Bertz CT molecular complexity index is 315. The Hall–Kier alpha value is -0.780. The Kier molecular flexibility index (Phi) is 12.4. The summed E-state index contributed by atoms with van der Waals surface area (Å²) in [5, 5.41) is 0. The average molecular weight is 291 g/mol.